The van der Waals surface area contributed by atoms with Crippen molar-refractivity contribution in [3.05, 3.63) is 167 Å². The largest absolute Gasteiger partial charge is 0.262 e. The normalized spacial score (nSPS) is 11.8. The molecule has 0 radical (unpaired) electrons. The van der Waals surface area contributed by atoms with Crippen LogP contribution in [0.3, 0.4) is 0 Å². The molecule has 0 aliphatic carbocycles. The Labute approximate surface area is 215 Å². The van der Waals surface area contributed by atoms with Crippen LogP contribution < -0.4 is 0 Å². The summed E-state index contributed by atoms with van der Waals surface area (Å²) in [6, 6.07) is 39.8. The zero-order valence-electron chi connectivity index (χ0n) is 20.1. The molecule has 0 aliphatic heterocycles. The fourth-order valence-electron chi connectivity index (χ4n) is 5.02. The zero-order valence-corrected chi connectivity index (χ0v) is 20.1. The van der Waals surface area contributed by atoms with Gasteiger partial charge in [0.15, 0.2) is 0 Å². The summed E-state index contributed by atoms with van der Waals surface area (Å²) in [5, 5.41) is 6.23. The highest BCUT2D eigenvalue weighted by molar-refractivity contribution is 5.90. The molecular weight excluding hydrogens is 457 g/mol. The Balaban J connectivity index is 1.67. The van der Waals surface area contributed by atoms with Gasteiger partial charge in [0.1, 0.15) is 11.4 Å². The Morgan fingerprint density at radius 1 is 0.622 bits per heavy atom. The average molecular weight is 482 g/mol. The highest BCUT2D eigenvalue weighted by Gasteiger charge is 2.40. The van der Waals surface area contributed by atoms with Crippen LogP contribution in [0, 0.1) is 5.82 Å². The Hall–Kier alpha value is -4.83. The van der Waals surface area contributed by atoms with E-state index in [9.17, 15) is 4.39 Å². The van der Waals surface area contributed by atoms with E-state index in [1.807, 2.05) is 42.6 Å². The van der Waals surface area contributed by atoms with Crippen LogP contribution in [0.15, 0.2) is 134 Å². The average Bonchev–Trinajstić information content (AvgIpc) is 3.34. The fourth-order valence-corrected chi connectivity index (χ4v) is 5.02. The third-order valence-corrected chi connectivity index (χ3v) is 6.71. The first-order chi connectivity index (χ1) is 18.3. The van der Waals surface area contributed by atoms with E-state index >= 15 is 0 Å². The van der Waals surface area contributed by atoms with E-state index in [0.29, 0.717) is 0 Å². The number of aromatic nitrogens is 3. The number of fused-ring (bicyclic) bond motifs is 1. The number of hydrogen-bond donors (Lipinski definition) is 0. The lowest BCUT2D eigenvalue weighted by molar-refractivity contribution is 0.475. The number of hydrogen-bond acceptors (Lipinski definition) is 2. The van der Waals surface area contributed by atoms with E-state index in [1.54, 1.807) is 18.3 Å². The van der Waals surface area contributed by atoms with E-state index in [-0.39, 0.29) is 5.82 Å². The van der Waals surface area contributed by atoms with Gasteiger partial charge in [-0.25, -0.2) is 9.07 Å². The second kappa shape index (κ2) is 9.67. The molecule has 0 atom stereocenters. The van der Waals surface area contributed by atoms with Gasteiger partial charge in [-0.1, -0.05) is 109 Å². The highest BCUT2D eigenvalue weighted by atomic mass is 19.1. The lowest BCUT2D eigenvalue weighted by Gasteiger charge is -2.36. The van der Waals surface area contributed by atoms with Gasteiger partial charge < -0.3 is 0 Å². The van der Waals surface area contributed by atoms with Crippen molar-refractivity contribution in [2.75, 3.05) is 0 Å². The summed E-state index contributed by atoms with van der Waals surface area (Å²) in [5.74, 6) is -0.253. The predicted molar refractivity (Wildman–Crippen MR) is 147 cm³/mol. The molecule has 0 aliphatic rings. The van der Waals surface area contributed by atoms with Crippen molar-refractivity contribution in [1.29, 1.82) is 0 Å². The minimum atomic E-state index is -0.743. The Morgan fingerprint density at radius 3 is 1.70 bits per heavy atom. The van der Waals surface area contributed by atoms with Gasteiger partial charge in [-0.05, 0) is 46.5 Å². The topological polar surface area (TPSA) is 30.7 Å². The third-order valence-electron chi connectivity index (χ3n) is 6.71. The first kappa shape index (κ1) is 22.6. The summed E-state index contributed by atoms with van der Waals surface area (Å²) < 4.78 is 15.5. The summed E-state index contributed by atoms with van der Waals surface area (Å²) in [5.41, 5.74) is 5.16. The molecule has 0 fully saturated rings. The van der Waals surface area contributed by atoms with Crippen LogP contribution >= 0.6 is 0 Å². The molecular formula is C33H24FN3. The van der Waals surface area contributed by atoms with E-state index in [4.69, 9.17) is 5.10 Å². The summed E-state index contributed by atoms with van der Waals surface area (Å²) in [4.78, 5) is 4.48. The first-order valence-corrected chi connectivity index (χ1v) is 12.2. The van der Waals surface area contributed by atoms with Gasteiger partial charge in [-0.15, -0.1) is 0 Å². The molecule has 0 bridgehead atoms. The standard InChI is InChI=1S/C33H24FN3/c34-29-19-16-25(17-20-29)18-21-31-30-22-23-35-24-32(30)37(36-31)33(26-10-4-1-5-11-26,27-12-6-2-7-13-27)28-14-8-3-9-15-28/h1-24H. The molecule has 0 saturated heterocycles. The molecule has 0 spiro atoms. The molecule has 4 aromatic carbocycles. The van der Waals surface area contributed by atoms with Crippen LogP contribution in [0.5, 0.6) is 0 Å². The second-order valence-electron chi connectivity index (χ2n) is 8.88. The smallest absolute Gasteiger partial charge is 0.138 e. The molecule has 6 rings (SSSR count). The van der Waals surface area contributed by atoms with Gasteiger partial charge >= 0.3 is 0 Å². The van der Waals surface area contributed by atoms with E-state index < -0.39 is 5.54 Å². The Morgan fingerprint density at radius 2 is 1.16 bits per heavy atom. The van der Waals surface area contributed by atoms with Crippen LogP contribution in [0.25, 0.3) is 23.1 Å². The second-order valence-corrected chi connectivity index (χ2v) is 8.88. The molecule has 178 valence electrons. The van der Waals surface area contributed by atoms with Crippen molar-refractivity contribution in [3.8, 4) is 0 Å². The van der Waals surface area contributed by atoms with Gasteiger partial charge in [0.05, 0.1) is 17.4 Å². The maximum atomic E-state index is 13.4. The van der Waals surface area contributed by atoms with Crippen molar-refractivity contribution in [1.82, 2.24) is 14.8 Å². The van der Waals surface area contributed by atoms with Crippen LogP contribution in [0.4, 0.5) is 4.39 Å². The number of pyridine rings is 1. The quantitative estimate of drug-likeness (QED) is 0.230. The van der Waals surface area contributed by atoms with Crippen molar-refractivity contribution in [2.45, 2.75) is 5.54 Å². The number of rotatable bonds is 6. The lowest BCUT2D eigenvalue weighted by atomic mass is 9.77. The molecule has 6 aromatic rings. The van der Waals surface area contributed by atoms with E-state index in [1.165, 1.54) is 12.1 Å². The van der Waals surface area contributed by atoms with Gasteiger partial charge in [-0.3, -0.25) is 4.98 Å². The van der Waals surface area contributed by atoms with Gasteiger partial charge in [0.25, 0.3) is 0 Å². The van der Waals surface area contributed by atoms with Crippen LogP contribution in [0.2, 0.25) is 0 Å². The molecule has 2 heterocycles. The van der Waals surface area contributed by atoms with Crippen molar-refractivity contribution in [2.24, 2.45) is 0 Å². The van der Waals surface area contributed by atoms with Crippen molar-refractivity contribution >= 4 is 23.1 Å². The molecule has 0 N–H and O–H groups in total. The van der Waals surface area contributed by atoms with E-state index in [0.717, 1.165) is 38.9 Å². The SMILES string of the molecule is Fc1ccc(C=Cc2nn(C(c3ccccc3)(c3ccccc3)c3ccccc3)c3cnccc23)cc1. The Bertz CT molecular complexity index is 1560. The monoisotopic (exact) mass is 481 g/mol. The summed E-state index contributed by atoms with van der Waals surface area (Å²) in [6.07, 6.45) is 7.61. The highest BCUT2D eigenvalue weighted by Crippen LogP contribution is 2.42. The molecule has 0 amide bonds. The summed E-state index contributed by atoms with van der Waals surface area (Å²) in [6.45, 7) is 0. The first-order valence-electron chi connectivity index (χ1n) is 12.2. The van der Waals surface area contributed by atoms with Crippen LogP contribution in [-0.2, 0) is 5.54 Å². The zero-order chi connectivity index (χ0) is 25.1. The Kier molecular flexibility index (Phi) is 5.91. The predicted octanol–water partition coefficient (Wildman–Crippen LogP) is 7.58. The molecule has 2 aromatic heterocycles. The maximum Gasteiger partial charge on any atom is 0.138 e. The summed E-state index contributed by atoms with van der Waals surface area (Å²) >= 11 is 0. The molecule has 0 unspecified atom stereocenters. The van der Waals surface area contributed by atoms with Crippen LogP contribution in [-0.4, -0.2) is 14.8 Å². The number of nitrogens with zero attached hydrogens (tertiary/aromatic N) is 3. The third kappa shape index (κ3) is 4.03. The molecule has 0 saturated carbocycles. The number of benzene rings is 4. The minimum absolute atomic E-state index is 0.253. The lowest BCUT2D eigenvalue weighted by Crippen LogP contribution is -2.38. The molecule has 37 heavy (non-hydrogen) atoms. The number of halogens is 1. The summed E-state index contributed by atoms with van der Waals surface area (Å²) in [7, 11) is 0. The van der Waals surface area contributed by atoms with Gasteiger partial charge in [0, 0.05) is 11.6 Å². The van der Waals surface area contributed by atoms with Gasteiger partial charge in [0.2, 0.25) is 0 Å². The van der Waals surface area contributed by atoms with Gasteiger partial charge in [-0.2, -0.15) is 5.10 Å². The maximum absolute atomic E-state index is 13.4. The fraction of sp³-hybridized carbons (Fsp3) is 0.0303. The van der Waals surface area contributed by atoms with E-state index in [2.05, 4.69) is 82.5 Å². The van der Waals surface area contributed by atoms with Crippen molar-refractivity contribution in [3.63, 3.8) is 0 Å². The molecule has 3 nitrogen and oxygen atoms in total. The van der Waals surface area contributed by atoms with Crippen molar-refractivity contribution < 1.29 is 4.39 Å². The minimum Gasteiger partial charge on any atom is -0.262 e. The van der Waals surface area contributed by atoms with Crippen LogP contribution in [0.1, 0.15) is 27.9 Å². The molecule has 4 heteroatoms.